The highest BCUT2D eigenvalue weighted by atomic mass is 16.5. The Morgan fingerprint density at radius 2 is 2.24 bits per heavy atom. The molecule has 0 bridgehead atoms. The third kappa shape index (κ3) is 5.23. The molecule has 0 aromatic rings. The zero-order valence-electron chi connectivity index (χ0n) is 11.1. The van der Waals surface area contributed by atoms with Crippen LogP contribution in [0, 0.1) is 23.7 Å². The highest BCUT2D eigenvalue weighted by molar-refractivity contribution is 5.71. The van der Waals surface area contributed by atoms with Gasteiger partial charge in [-0.25, -0.2) is 0 Å². The number of ether oxygens (including phenoxy) is 1. The molecule has 17 heavy (non-hydrogen) atoms. The maximum absolute atomic E-state index is 11.6. The van der Waals surface area contributed by atoms with E-state index in [0.717, 1.165) is 12.8 Å². The average Bonchev–Trinajstić information content (AvgIpc) is 2.14. The van der Waals surface area contributed by atoms with Gasteiger partial charge in [0.2, 0.25) is 0 Å². The summed E-state index contributed by atoms with van der Waals surface area (Å²) >= 11 is 0. The van der Waals surface area contributed by atoms with E-state index < -0.39 is 0 Å². The van der Waals surface area contributed by atoms with Gasteiger partial charge < -0.3 is 4.74 Å². The number of esters is 1. The summed E-state index contributed by atoms with van der Waals surface area (Å²) in [6.07, 6.45) is 8.29. The number of rotatable bonds is 4. The smallest absolute Gasteiger partial charge is 0.320 e. The van der Waals surface area contributed by atoms with E-state index in [9.17, 15) is 4.79 Å². The van der Waals surface area contributed by atoms with Crippen molar-refractivity contribution >= 4 is 5.97 Å². The van der Waals surface area contributed by atoms with Crippen molar-refractivity contribution in [3.8, 4) is 12.3 Å². The average molecular weight is 237 g/mol. The minimum atomic E-state index is -0.199. The van der Waals surface area contributed by atoms with Gasteiger partial charge in [-0.3, -0.25) is 10.1 Å². The van der Waals surface area contributed by atoms with Crippen molar-refractivity contribution in [1.29, 1.82) is 0 Å². The molecule has 0 saturated heterocycles. The van der Waals surface area contributed by atoms with Crippen molar-refractivity contribution in [2.24, 2.45) is 11.3 Å². The predicted octanol–water partition coefficient (Wildman–Crippen LogP) is 1.97. The summed E-state index contributed by atoms with van der Waals surface area (Å²) < 4.78 is 5.47. The van der Waals surface area contributed by atoms with Gasteiger partial charge in [0.05, 0.1) is 13.1 Å². The molecule has 1 saturated carbocycles. The second-order valence-electron chi connectivity index (χ2n) is 5.83. The van der Waals surface area contributed by atoms with Crippen LogP contribution in [0.2, 0.25) is 0 Å². The highest BCUT2D eigenvalue weighted by Gasteiger charge is 2.33. The monoisotopic (exact) mass is 237 g/mol. The minimum absolute atomic E-state index is 0.0638. The van der Waals surface area contributed by atoms with E-state index in [0.29, 0.717) is 12.5 Å². The Kier molecular flexibility index (Phi) is 5.02. The van der Waals surface area contributed by atoms with Crippen LogP contribution in [-0.4, -0.2) is 25.2 Å². The molecule has 3 heteroatoms. The first kappa shape index (κ1) is 14.1. The SMILES string of the molecule is C#CCNCC(=O)OC1CC(C)CC(C)(C)C1. The number of nitrogens with one attached hydrogen (secondary N) is 1. The molecule has 2 unspecified atom stereocenters. The van der Waals surface area contributed by atoms with Crippen molar-refractivity contribution in [3.05, 3.63) is 0 Å². The molecule has 0 spiro atoms. The lowest BCUT2D eigenvalue weighted by Crippen LogP contribution is -2.36. The fourth-order valence-corrected chi connectivity index (χ4v) is 2.81. The van der Waals surface area contributed by atoms with Gasteiger partial charge in [0.15, 0.2) is 0 Å². The lowest BCUT2D eigenvalue weighted by molar-refractivity contribution is -0.152. The van der Waals surface area contributed by atoms with Crippen LogP contribution in [0.5, 0.6) is 0 Å². The molecular formula is C14H23NO2. The van der Waals surface area contributed by atoms with Crippen molar-refractivity contribution in [2.45, 2.75) is 46.1 Å². The number of hydrogen-bond acceptors (Lipinski definition) is 3. The Balaban J connectivity index is 2.35. The molecule has 0 amide bonds. The molecule has 1 aliphatic carbocycles. The molecule has 1 fully saturated rings. The molecular weight excluding hydrogens is 214 g/mol. The fourth-order valence-electron chi connectivity index (χ4n) is 2.81. The number of carbonyl (C=O) groups is 1. The lowest BCUT2D eigenvalue weighted by Gasteiger charge is -2.38. The summed E-state index contributed by atoms with van der Waals surface area (Å²) in [7, 11) is 0. The molecule has 1 rings (SSSR count). The quantitative estimate of drug-likeness (QED) is 0.461. The molecule has 0 aromatic heterocycles. The van der Waals surface area contributed by atoms with E-state index in [1.54, 1.807) is 0 Å². The van der Waals surface area contributed by atoms with Crippen molar-refractivity contribution < 1.29 is 9.53 Å². The Morgan fingerprint density at radius 1 is 1.53 bits per heavy atom. The fraction of sp³-hybridized carbons (Fsp3) is 0.786. The van der Waals surface area contributed by atoms with Gasteiger partial charge in [-0.15, -0.1) is 6.42 Å². The van der Waals surface area contributed by atoms with Crippen LogP contribution in [0.15, 0.2) is 0 Å². The van der Waals surface area contributed by atoms with Crippen molar-refractivity contribution in [1.82, 2.24) is 5.32 Å². The van der Waals surface area contributed by atoms with Crippen molar-refractivity contribution in [3.63, 3.8) is 0 Å². The molecule has 0 radical (unpaired) electrons. The topological polar surface area (TPSA) is 38.3 Å². The van der Waals surface area contributed by atoms with Crippen LogP contribution in [0.4, 0.5) is 0 Å². The van der Waals surface area contributed by atoms with Gasteiger partial charge in [0.25, 0.3) is 0 Å². The predicted molar refractivity (Wildman–Crippen MR) is 68.4 cm³/mol. The zero-order chi connectivity index (χ0) is 12.9. The van der Waals surface area contributed by atoms with Crippen LogP contribution in [-0.2, 0) is 9.53 Å². The minimum Gasteiger partial charge on any atom is -0.461 e. The maximum atomic E-state index is 11.6. The molecule has 0 heterocycles. The van der Waals surface area contributed by atoms with Crippen LogP contribution < -0.4 is 5.32 Å². The Bertz CT molecular complexity index is 304. The van der Waals surface area contributed by atoms with E-state index in [1.807, 2.05) is 0 Å². The Morgan fingerprint density at radius 3 is 2.82 bits per heavy atom. The third-order valence-corrected chi connectivity index (χ3v) is 3.14. The molecule has 1 N–H and O–H groups in total. The van der Waals surface area contributed by atoms with Crippen LogP contribution in [0.3, 0.4) is 0 Å². The second-order valence-corrected chi connectivity index (χ2v) is 5.83. The zero-order valence-corrected chi connectivity index (χ0v) is 11.1. The van der Waals surface area contributed by atoms with Crippen LogP contribution >= 0.6 is 0 Å². The standard InChI is InChI=1S/C14H23NO2/c1-5-6-15-10-13(16)17-12-7-11(2)8-14(3,4)9-12/h1,11-12,15H,6-10H2,2-4H3. The number of terminal acetylenes is 1. The van der Waals surface area contributed by atoms with E-state index >= 15 is 0 Å². The van der Waals surface area contributed by atoms with E-state index in [2.05, 4.69) is 32.0 Å². The van der Waals surface area contributed by atoms with Crippen molar-refractivity contribution in [2.75, 3.05) is 13.1 Å². The number of carbonyl (C=O) groups excluding carboxylic acids is 1. The molecule has 1 aliphatic rings. The Labute approximate surface area is 104 Å². The molecule has 0 aromatic carbocycles. The summed E-state index contributed by atoms with van der Waals surface area (Å²) in [5.74, 6) is 2.85. The second kappa shape index (κ2) is 6.07. The lowest BCUT2D eigenvalue weighted by atomic mass is 9.71. The summed E-state index contributed by atoms with van der Waals surface area (Å²) in [4.78, 5) is 11.6. The van der Waals surface area contributed by atoms with Gasteiger partial charge in [0, 0.05) is 0 Å². The van der Waals surface area contributed by atoms with Gasteiger partial charge >= 0.3 is 5.97 Å². The van der Waals surface area contributed by atoms with E-state index in [4.69, 9.17) is 11.2 Å². The first-order valence-corrected chi connectivity index (χ1v) is 6.26. The van der Waals surface area contributed by atoms with E-state index in [1.165, 1.54) is 6.42 Å². The summed E-state index contributed by atoms with van der Waals surface area (Å²) in [5, 5.41) is 2.85. The maximum Gasteiger partial charge on any atom is 0.320 e. The molecule has 0 aliphatic heterocycles. The molecule has 3 nitrogen and oxygen atoms in total. The van der Waals surface area contributed by atoms with Gasteiger partial charge in [-0.2, -0.15) is 0 Å². The van der Waals surface area contributed by atoms with Crippen LogP contribution in [0.25, 0.3) is 0 Å². The molecule has 2 atom stereocenters. The summed E-state index contributed by atoms with van der Waals surface area (Å²) in [6.45, 7) is 7.30. The Hall–Kier alpha value is -1.01. The highest BCUT2D eigenvalue weighted by Crippen LogP contribution is 2.39. The normalized spacial score (nSPS) is 27.2. The summed E-state index contributed by atoms with van der Waals surface area (Å²) in [6, 6.07) is 0. The van der Waals surface area contributed by atoms with E-state index in [-0.39, 0.29) is 24.0 Å². The summed E-state index contributed by atoms with van der Waals surface area (Å²) in [5.41, 5.74) is 0.273. The largest absolute Gasteiger partial charge is 0.461 e. The van der Waals surface area contributed by atoms with Gasteiger partial charge in [-0.05, 0) is 30.6 Å². The van der Waals surface area contributed by atoms with Gasteiger partial charge in [0.1, 0.15) is 6.10 Å². The van der Waals surface area contributed by atoms with Crippen LogP contribution in [0.1, 0.15) is 40.0 Å². The first-order chi connectivity index (χ1) is 7.93. The number of hydrogen-bond donors (Lipinski definition) is 1. The third-order valence-electron chi connectivity index (χ3n) is 3.14. The first-order valence-electron chi connectivity index (χ1n) is 6.26. The molecule has 96 valence electrons. The van der Waals surface area contributed by atoms with Gasteiger partial charge in [-0.1, -0.05) is 26.7 Å².